The second-order valence-corrected chi connectivity index (χ2v) is 19.8. The molecular formula is C38H52IN5O8S. The zero-order valence-electron chi connectivity index (χ0n) is 31.4. The number of alkyl halides is 1. The lowest BCUT2D eigenvalue weighted by molar-refractivity contribution is -0.143. The average Bonchev–Trinajstić information content (AvgIpc) is 4.01. The van der Waals surface area contributed by atoms with Crippen molar-refractivity contribution in [3.8, 4) is 0 Å². The van der Waals surface area contributed by atoms with E-state index in [2.05, 4.69) is 38.5 Å². The van der Waals surface area contributed by atoms with Gasteiger partial charge in [0.2, 0.25) is 21.8 Å². The van der Waals surface area contributed by atoms with Crippen molar-refractivity contribution in [1.29, 1.82) is 0 Å². The molecule has 2 aliphatic carbocycles. The highest BCUT2D eigenvalue weighted by molar-refractivity contribution is 14.1. The Hall–Kier alpha value is -3.18. The number of cyclic esters (lactones) is 1. The van der Waals surface area contributed by atoms with E-state index in [-0.39, 0.29) is 29.9 Å². The SMILES string of the molecule is CO[C@@]12C[C@@H](C(=O)N[C@]3(C(=O)NS(=O)(=O)C4CC4)C[C@H]3I)N(C1)C(=O)[C@H](C(C)(C)C)NC(=O)OCCCCCCc1cc3cc2ccc3cc1N(C)C. The maximum Gasteiger partial charge on any atom is 0.407 e. The number of aryl methyl sites for hydroxylation is 1. The summed E-state index contributed by atoms with van der Waals surface area (Å²) in [5, 5.41) is 7.10. The Labute approximate surface area is 325 Å². The van der Waals surface area contributed by atoms with Crippen LogP contribution in [0.1, 0.15) is 83.3 Å². The molecule has 5 bridgehead atoms. The number of anilines is 1. The van der Waals surface area contributed by atoms with Gasteiger partial charge in [0.25, 0.3) is 5.91 Å². The highest BCUT2D eigenvalue weighted by atomic mass is 127. The number of rotatable bonds is 7. The molecule has 2 aromatic rings. The van der Waals surface area contributed by atoms with Gasteiger partial charge in [-0.15, -0.1) is 0 Å². The van der Waals surface area contributed by atoms with Crippen molar-refractivity contribution >= 4 is 72.9 Å². The number of nitrogens with zero attached hydrogens (tertiary/aromatic N) is 2. The van der Waals surface area contributed by atoms with Crippen molar-refractivity contribution in [2.75, 3.05) is 39.3 Å². The van der Waals surface area contributed by atoms with Gasteiger partial charge in [0.05, 0.1) is 18.4 Å². The van der Waals surface area contributed by atoms with E-state index in [1.807, 2.05) is 69.6 Å². The zero-order chi connectivity index (χ0) is 38.5. The Morgan fingerprint density at radius 1 is 1.04 bits per heavy atom. The molecular weight excluding hydrogens is 813 g/mol. The second kappa shape index (κ2) is 14.8. The summed E-state index contributed by atoms with van der Waals surface area (Å²) in [6.07, 6.45) is 4.93. The summed E-state index contributed by atoms with van der Waals surface area (Å²) in [5.41, 5.74) is -0.236. The molecule has 5 atom stereocenters. The van der Waals surface area contributed by atoms with Gasteiger partial charge in [-0.1, -0.05) is 68.3 Å². The zero-order valence-corrected chi connectivity index (χ0v) is 34.4. The molecule has 4 aliphatic rings. The first-order chi connectivity index (χ1) is 24.9. The van der Waals surface area contributed by atoms with E-state index in [0.29, 0.717) is 19.3 Å². The predicted molar refractivity (Wildman–Crippen MR) is 210 cm³/mol. The molecule has 3 fully saturated rings. The van der Waals surface area contributed by atoms with Crippen molar-refractivity contribution < 1.29 is 37.1 Å². The third kappa shape index (κ3) is 8.12. The minimum atomic E-state index is -3.86. The molecule has 1 saturated heterocycles. The number of carbonyl (C=O) groups excluding carboxylic acids is 4. The van der Waals surface area contributed by atoms with Crippen LogP contribution in [-0.4, -0.2) is 98.3 Å². The van der Waals surface area contributed by atoms with E-state index in [1.165, 1.54) is 10.5 Å². The number of nitrogens with one attached hydrogen (secondary N) is 3. The number of carbonyl (C=O) groups is 4. The van der Waals surface area contributed by atoms with Crippen molar-refractivity contribution in [2.45, 2.75) is 111 Å². The van der Waals surface area contributed by atoms with Crippen LogP contribution in [0.2, 0.25) is 0 Å². The van der Waals surface area contributed by atoms with Crippen LogP contribution in [0.3, 0.4) is 0 Å². The maximum atomic E-state index is 14.7. The Morgan fingerprint density at radius 3 is 2.36 bits per heavy atom. The van der Waals surface area contributed by atoms with Crippen LogP contribution in [-0.2, 0) is 45.9 Å². The molecule has 2 aromatic carbocycles. The fourth-order valence-electron chi connectivity index (χ4n) is 7.59. The number of benzene rings is 2. The number of amides is 4. The standard InChI is InChI=1S/C38H52IN5O8S/c1-36(2,3)31-33(46)44-22-37(51-6,20-29(44)32(45)41-38(21-30(38)39)34(47)42-53(49,50)27-14-15-27)26-13-12-23-19-28(43(4)5)24(17-25(23)18-26)11-9-7-8-10-16-52-35(48)40-31/h12-13,17-19,27,29-31H,7-11,14-16,20-22H2,1-6H3,(H,40,48)(H,41,45)(H,42,47)/t29-,30+,31+,37-,38+/m0/s1. The lowest BCUT2D eigenvalue weighted by Gasteiger charge is -2.35. The molecule has 0 unspecified atom stereocenters. The van der Waals surface area contributed by atoms with Gasteiger partial charge < -0.3 is 29.9 Å². The molecule has 0 aromatic heterocycles. The Kier molecular flexibility index (Phi) is 11.0. The summed E-state index contributed by atoms with van der Waals surface area (Å²) in [6.45, 7) is 5.67. The Balaban J connectivity index is 1.40. The van der Waals surface area contributed by atoms with Crippen LogP contribution in [0.4, 0.5) is 10.5 Å². The predicted octanol–water partition coefficient (Wildman–Crippen LogP) is 4.28. The second-order valence-electron chi connectivity index (χ2n) is 16.4. The molecule has 0 spiro atoms. The van der Waals surface area contributed by atoms with E-state index in [1.54, 1.807) is 7.11 Å². The average molecular weight is 866 g/mol. The first kappa shape index (κ1) is 39.5. The van der Waals surface area contributed by atoms with Crippen molar-refractivity contribution in [2.24, 2.45) is 5.41 Å². The fraction of sp³-hybridized carbons (Fsp3) is 0.632. The van der Waals surface area contributed by atoms with Gasteiger partial charge in [0, 0.05) is 37.2 Å². The van der Waals surface area contributed by atoms with Crippen LogP contribution in [0.5, 0.6) is 0 Å². The summed E-state index contributed by atoms with van der Waals surface area (Å²) >= 11 is 2.04. The lowest BCUT2D eigenvalue weighted by Crippen LogP contribution is -2.60. The van der Waals surface area contributed by atoms with E-state index in [0.717, 1.165) is 47.7 Å². The molecule has 6 rings (SSSR count). The third-order valence-electron chi connectivity index (χ3n) is 11.1. The normalized spacial score (nSPS) is 28.4. The third-order valence-corrected chi connectivity index (χ3v) is 14.4. The van der Waals surface area contributed by atoms with Gasteiger partial charge in [-0.3, -0.25) is 19.1 Å². The monoisotopic (exact) mass is 865 g/mol. The molecule has 4 amide bonds. The molecule has 2 heterocycles. The smallest absolute Gasteiger partial charge is 0.407 e. The Morgan fingerprint density at radius 2 is 1.74 bits per heavy atom. The minimum Gasteiger partial charge on any atom is -0.450 e. The molecule has 2 saturated carbocycles. The lowest BCUT2D eigenvalue weighted by atomic mass is 9.85. The summed E-state index contributed by atoms with van der Waals surface area (Å²) < 4.78 is 39.1. The van der Waals surface area contributed by atoms with Crippen molar-refractivity contribution in [3.05, 3.63) is 41.5 Å². The summed E-state index contributed by atoms with van der Waals surface area (Å²) in [4.78, 5) is 59.4. The van der Waals surface area contributed by atoms with Crippen LogP contribution in [0.25, 0.3) is 10.8 Å². The van der Waals surface area contributed by atoms with Gasteiger partial charge in [0.1, 0.15) is 23.2 Å². The number of sulfonamides is 1. The van der Waals surface area contributed by atoms with E-state index in [9.17, 15) is 27.6 Å². The topological polar surface area (TPSA) is 163 Å². The number of alkyl carbamates (subject to hydrolysis) is 1. The molecule has 13 nitrogen and oxygen atoms in total. The van der Waals surface area contributed by atoms with Gasteiger partial charge >= 0.3 is 6.09 Å². The number of methoxy groups -OCH3 is 1. The molecule has 3 N–H and O–H groups in total. The molecule has 53 heavy (non-hydrogen) atoms. The van der Waals surface area contributed by atoms with E-state index < -0.39 is 67.7 Å². The number of halogens is 1. The summed E-state index contributed by atoms with van der Waals surface area (Å²) in [7, 11) is 1.76. The quantitative estimate of drug-likeness (QED) is 0.273. The van der Waals surface area contributed by atoms with E-state index >= 15 is 0 Å². The van der Waals surface area contributed by atoms with Gasteiger partial charge in [-0.05, 0) is 84.0 Å². The molecule has 15 heteroatoms. The van der Waals surface area contributed by atoms with Gasteiger partial charge in [-0.2, -0.15) is 0 Å². The number of ether oxygens (including phenoxy) is 2. The van der Waals surface area contributed by atoms with Crippen LogP contribution in [0, 0.1) is 5.41 Å². The largest absolute Gasteiger partial charge is 0.450 e. The Bertz CT molecular complexity index is 1900. The van der Waals surface area contributed by atoms with Crippen LogP contribution >= 0.6 is 22.6 Å². The molecule has 2 aliphatic heterocycles. The van der Waals surface area contributed by atoms with Crippen molar-refractivity contribution in [3.63, 3.8) is 0 Å². The first-order valence-electron chi connectivity index (χ1n) is 18.5. The molecule has 0 radical (unpaired) electrons. The number of hydrogen-bond donors (Lipinski definition) is 3. The summed E-state index contributed by atoms with van der Waals surface area (Å²) in [5.74, 6) is -1.88. The highest BCUT2D eigenvalue weighted by Crippen LogP contribution is 2.46. The van der Waals surface area contributed by atoms with Crippen LogP contribution in [0.15, 0.2) is 30.3 Å². The van der Waals surface area contributed by atoms with E-state index in [4.69, 9.17) is 9.47 Å². The first-order valence-corrected chi connectivity index (χ1v) is 21.3. The summed E-state index contributed by atoms with van der Waals surface area (Å²) in [6, 6.07) is 8.27. The van der Waals surface area contributed by atoms with Gasteiger partial charge in [0.15, 0.2) is 0 Å². The maximum absolute atomic E-state index is 14.7. The minimum absolute atomic E-state index is 0.0131. The highest BCUT2D eigenvalue weighted by Gasteiger charge is 2.63. The van der Waals surface area contributed by atoms with Crippen molar-refractivity contribution in [1.82, 2.24) is 20.3 Å². The molecule has 290 valence electrons. The van der Waals surface area contributed by atoms with Gasteiger partial charge in [-0.25, -0.2) is 13.2 Å². The van der Waals surface area contributed by atoms with Crippen LogP contribution < -0.4 is 20.3 Å². The number of fused-ring (bicyclic) bond motifs is 5. The fourth-order valence-corrected chi connectivity index (χ4v) is 10.1. The number of hydrogen-bond acceptors (Lipinski definition) is 9.